The first-order valence-corrected chi connectivity index (χ1v) is 5.42. The molecule has 1 aliphatic heterocycles. The smallest absolute Gasteiger partial charge is 0.272 e. The van der Waals surface area contributed by atoms with Crippen LogP contribution in [0.4, 0.5) is 13.8 Å². The molecule has 1 aromatic rings. The minimum Gasteiger partial charge on any atom is -0.361 e. The molecule has 0 spiro atoms. The highest BCUT2D eigenvalue weighted by Crippen LogP contribution is 2.32. The molecule has 1 fully saturated rings. The number of anilines is 1. The van der Waals surface area contributed by atoms with E-state index in [1.165, 1.54) is 17.4 Å². The zero-order valence-electron chi connectivity index (χ0n) is 7.67. The van der Waals surface area contributed by atoms with Crippen molar-refractivity contribution in [3.8, 4) is 0 Å². The Kier molecular flexibility index (Phi) is 2.98. The lowest BCUT2D eigenvalue weighted by molar-refractivity contribution is 0.155. The molecule has 1 N–H and O–H groups in total. The number of thiophene rings is 1. The van der Waals surface area contributed by atoms with Gasteiger partial charge in [0.1, 0.15) is 0 Å². The van der Waals surface area contributed by atoms with Crippen LogP contribution in [-0.4, -0.2) is 26.2 Å². The zero-order chi connectivity index (χ0) is 9.97. The summed E-state index contributed by atoms with van der Waals surface area (Å²) in [7, 11) is 0. The Hall–Kier alpha value is -0.680. The van der Waals surface area contributed by atoms with E-state index >= 15 is 0 Å². The minimum absolute atomic E-state index is 0.165. The first-order valence-electron chi connectivity index (χ1n) is 4.61. The molecule has 0 radical (unpaired) electrons. The maximum Gasteiger partial charge on any atom is 0.272 e. The van der Waals surface area contributed by atoms with Crippen LogP contribution in [0.1, 0.15) is 11.3 Å². The first kappa shape index (κ1) is 9.86. The Morgan fingerprint density at radius 2 is 2.00 bits per heavy atom. The Bertz CT molecular complexity index is 295. The van der Waals surface area contributed by atoms with Crippen LogP contribution in [-0.2, 0) is 0 Å². The first-order chi connectivity index (χ1) is 6.77. The van der Waals surface area contributed by atoms with Crippen LogP contribution < -0.4 is 10.2 Å². The van der Waals surface area contributed by atoms with Crippen molar-refractivity contribution in [3.63, 3.8) is 0 Å². The van der Waals surface area contributed by atoms with Crippen molar-refractivity contribution in [2.75, 3.05) is 31.1 Å². The lowest BCUT2D eigenvalue weighted by Crippen LogP contribution is -2.43. The summed E-state index contributed by atoms with van der Waals surface area (Å²) in [5.41, 5.74) is 0. The van der Waals surface area contributed by atoms with E-state index in [0.29, 0.717) is 0 Å². The van der Waals surface area contributed by atoms with Gasteiger partial charge < -0.3 is 10.2 Å². The SMILES string of the molecule is FC(F)c1ccc(N2CCNCC2)s1. The molecule has 0 aliphatic carbocycles. The topological polar surface area (TPSA) is 15.3 Å². The van der Waals surface area contributed by atoms with Crippen LogP contribution >= 0.6 is 11.3 Å². The van der Waals surface area contributed by atoms with Crippen LogP contribution in [0, 0.1) is 0 Å². The Labute approximate surface area is 85.5 Å². The molecule has 2 rings (SSSR count). The van der Waals surface area contributed by atoms with Gasteiger partial charge in [-0.1, -0.05) is 0 Å². The van der Waals surface area contributed by atoms with E-state index in [9.17, 15) is 8.78 Å². The van der Waals surface area contributed by atoms with Crippen molar-refractivity contribution in [2.45, 2.75) is 6.43 Å². The summed E-state index contributed by atoms with van der Waals surface area (Å²) >= 11 is 1.20. The van der Waals surface area contributed by atoms with E-state index in [1.807, 2.05) is 0 Å². The second kappa shape index (κ2) is 4.23. The van der Waals surface area contributed by atoms with E-state index in [1.54, 1.807) is 6.07 Å². The van der Waals surface area contributed by atoms with Gasteiger partial charge in [0.05, 0.1) is 9.88 Å². The third-order valence-corrected chi connectivity index (χ3v) is 3.41. The average molecular weight is 218 g/mol. The fraction of sp³-hybridized carbons (Fsp3) is 0.556. The molecule has 78 valence electrons. The highest BCUT2D eigenvalue weighted by atomic mass is 32.1. The third kappa shape index (κ3) is 2.04. The Balaban J connectivity index is 2.07. The predicted molar refractivity (Wildman–Crippen MR) is 54.4 cm³/mol. The molecule has 2 heterocycles. The molecule has 2 nitrogen and oxygen atoms in total. The number of hydrogen-bond acceptors (Lipinski definition) is 3. The summed E-state index contributed by atoms with van der Waals surface area (Å²) in [4.78, 5) is 2.31. The summed E-state index contributed by atoms with van der Waals surface area (Å²) in [5, 5.41) is 4.19. The molecule has 0 bridgehead atoms. The molecule has 0 atom stereocenters. The summed E-state index contributed by atoms with van der Waals surface area (Å²) in [6.07, 6.45) is -2.34. The number of piperazine rings is 1. The molecule has 14 heavy (non-hydrogen) atoms. The van der Waals surface area contributed by atoms with Gasteiger partial charge in [0.15, 0.2) is 0 Å². The van der Waals surface area contributed by atoms with Crippen LogP contribution in [0.15, 0.2) is 12.1 Å². The summed E-state index contributed by atoms with van der Waals surface area (Å²) in [5.74, 6) is 0. The van der Waals surface area contributed by atoms with Crippen LogP contribution in [0.25, 0.3) is 0 Å². The summed E-state index contributed by atoms with van der Waals surface area (Å²) in [6.45, 7) is 3.68. The second-order valence-corrected chi connectivity index (χ2v) is 4.31. The standard InChI is InChI=1S/C9H12F2N2S/c10-9(11)7-1-2-8(14-7)13-5-3-12-4-6-13/h1-2,9,12H,3-6H2. The summed E-state index contributed by atoms with van der Waals surface area (Å²) in [6, 6.07) is 3.31. The number of hydrogen-bond donors (Lipinski definition) is 1. The van der Waals surface area contributed by atoms with Crippen molar-refractivity contribution in [3.05, 3.63) is 17.0 Å². The molecular weight excluding hydrogens is 206 g/mol. The molecule has 1 saturated heterocycles. The molecule has 1 aliphatic rings. The third-order valence-electron chi connectivity index (χ3n) is 2.26. The van der Waals surface area contributed by atoms with Crippen molar-refractivity contribution in [2.24, 2.45) is 0 Å². The van der Waals surface area contributed by atoms with Crippen molar-refractivity contribution >= 4 is 16.3 Å². The van der Waals surface area contributed by atoms with Crippen LogP contribution in [0.3, 0.4) is 0 Å². The number of nitrogens with zero attached hydrogens (tertiary/aromatic N) is 1. The molecular formula is C9H12F2N2S. The quantitative estimate of drug-likeness (QED) is 0.817. The fourth-order valence-corrected chi connectivity index (χ4v) is 2.43. The molecule has 0 saturated carbocycles. The average Bonchev–Trinajstić information content (AvgIpc) is 2.68. The normalized spacial score (nSPS) is 17.8. The van der Waals surface area contributed by atoms with Gasteiger partial charge in [-0.25, -0.2) is 8.78 Å². The number of alkyl halides is 2. The lowest BCUT2D eigenvalue weighted by Gasteiger charge is -2.27. The van der Waals surface area contributed by atoms with Gasteiger partial charge in [0.25, 0.3) is 6.43 Å². The summed E-state index contributed by atoms with van der Waals surface area (Å²) < 4.78 is 24.7. The largest absolute Gasteiger partial charge is 0.361 e. The molecule has 1 aromatic heterocycles. The van der Waals surface area contributed by atoms with Gasteiger partial charge in [-0.2, -0.15) is 0 Å². The number of rotatable bonds is 2. The molecule has 0 aromatic carbocycles. The van der Waals surface area contributed by atoms with E-state index in [0.717, 1.165) is 31.2 Å². The van der Waals surface area contributed by atoms with E-state index < -0.39 is 6.43 Å². The van der Waals surface area contributed by atoms with E-state index in [2.05, 4.69) is 10.2 Å². The lowest BCUT2D eigenvalue weighted by atomic mass is 10.4. The highest BCUT2D eigenvalue weighted by Gasteiger charge is 2.15. The molecule has 0 amide bonds. The predicted octanol–water partition coefficient (Wildman–Crippen LogP) is 2.10. The Morgan fingerprint density at radius 1 is 1.29 bits per heavy atom. The number of nitrogens with one attached hydrogen (secondary N) is 1. The van der Waals surface area contributed by atoms with Gasteiger partial charge in [-0.15, -0.1) is 11.3 Å². The van der Waals surface area contributed by atoms with Gasteiger partial charge in [0, 0.05) is 26.2 Å². The highest BCUT2D eigenvalue weighted by molar-refractivity contribution is 7.16. The van der Waals surface area contributed by atoms with Gasteiger partial charge >= 0.3 is 0 Å². The van der Waals surface area contributed by atoms with Crippen LogP contribution in [0.2, 0.25) is 0 Å². The van der Waals surface area contributed by atoms with Gasteiger partial charge in [-0.05, 0) is 12.1 Å². The monoisotopic (exact) mass is 218 g/mol. The Morgan fingerprint density at radius 3 is 2.57 bits per heavy atom. The molecule has 0 unspecified atom stereocenters. The van der Waals surface area contributed by atoms with Crippen molar-refractivity contribution in [1.82, 2.24) is 5.32 Å². The minimum atomic E-state index is -2.34. The second-order valence-electron chi connectivity index (χ2n) is 3.21. The van der Waals surface area contributed by atoms with Crippen molar-refractivity contribution < 1.29 is 8.78 Å². The fourth-order valence-electron chi connectivity index (χ4n) is 1.51. The number of halogens is 2. The van der Waals surface area contributed by atoms with Crippen LogP contribution in [0.5, 0.6) is 0 Å². The van der Waals surface area contributed by atoms with Gasteiger partial charge in [-0.3, -0.25) is 0 Å². The maximum absolute atomic E-state index is 12.3. The zero-order valence-corrected chi connectivity index (χ0v) is 8.49. The van der Waals surface area contributed by atoms with E-state index in [-0.39, 0.29) is 4.88 Å². The maximum atomic E-state index is 12.3. The molecule has 5 heteroatoms. The van der Waals surface area contributed by atoms with Crippen molar-refractivity contribution in [1.29, 1.82) is 0 Å². The van der Waals surface area contributed by atoms with E-state index in [4.69, 9.17) is 0 Å². The van der Waals surface area contributed by atoms with Gasteiger partial charge in [0.2, 0.25) is 0 Å².